The second-order valence-electron chi connectivity index (χ2n) is 8.45. The third-order valence-electron chi connectivity index (χ3n) is 5.64. The number of rotatable bonds is 18. The van der Waals surface area contributed by atoms with Gasteiger partial charge in [0, 0.05) is 26.9 Å². The number of methoxy groups -OCH3 is 1. The third kappa shape index (κ3) is 10.9. The van der Waals surface area contributed by atoms with Crippen molar-refractivity contribution in [3.05, 3.63) is 0 Å². The molecule has 15 heteroatoms. The van der Waals surface area contributed by atoms with Gasteiger partial charge in [0.1, 0.15) is 30.5 Å². The van der Waals surface area contributed by atoms with Gasteiger partial charge < -0.3 is 68.1 Å². The first-order valence-corrected chi connectivity index (χ1v) is 12.9. The van der Waals surface area contributed by atoms with E-state index in [0.717, 1.165) is 12.8 Å². The molecular weight excluding hydrogens is 507 g/mol. The maximum absolute atomic E-state index is 10.3. The van der Waals surface area contributed by atoms with E-state index < -0.39 is 64.7 Å². The van der Waals surface area contributed by atoms with Gasteiger partial charge in [-0.05, 0) is 32.1 Å². The van der Waals surface area contributed by atoms with E-state index in [9.17, 15) is 25.5 Å². The van der Waals surface area contributed by atoms with Crippen LogP contribution < -0.4 is 0 Å². The van der Waals surface area contributed by atoms with Crippen LogP contribution in [0.3, 0.4) is 0 Å². The third-order valence-corrected chi connectivity index (χ3v) is 5.97. The van der Waals surface area contributed by atoms with E-state index in [1.165, 1.54) is 0 Å². The predicted octanol–water partition coefficient (Wildman–Crippen LogP) is -1.66. The topological polar surface area (TPSA) is 195 Å². The van der Waals surface area contributed by atoms with Crippen LogP contribution in [0.2, 0.25) is 0 Å². The van der Waals surface area contributed by atoms with Gasteiger partial charge in [0.25, 0.3) is 0 Å². The molecule has 10 atom stereocenters. The average molecular weight is 549 g/mol. The van der Waals surface area contributed by atoms with E-state index in [1.807, 2.05) is 0 Å². The molecule has 2 aliphatic heterocycles. The SMILES string of the molecule is COCCCCCOC1OC(COC2OC(COCCCCOPO)C(O)OC2O)C(O)C(O)C1O. The lowest BCUT2D eigenvalue weighted by molar-refractivity contribution is -0.394. The zero-order valence-electron chi connectivity index (χ0n) is 20.4. The molecule has 0 aromatic carbocycles. The summed E-state index contributed by atoms with van der Waals surface area (Å²) in [7, 11) is 1.07. The highest BCUT2D eigenvalue weighted by Crippen LogP contribution is 2.25. The number of hydrogen-bond donors (Lipinski definition) is 6. The van der Waals surface area contributed by atoms with Crippen LogP contribution in [-0.4, -0.2) is 133 Å². The lowest BCUT2D eigenvalue weighted by Gasteiger charge is -2.41. The quantitative estimate of drug-likeness (QED) is 0.0841. The van der Waals surface area contributed by atoms with E-state index in [4.69, 9.17) is 42.6 Å². The highest BCUT2D eigenvalue weighted by molar-refractivity contribution is 7.24. The van der Waals surface area contributed by atoms with Crippen LogP contribution in [0.5, 0.6) is 0 Å². The fourth-order valence-corrected chi connectivity index (χ4v) is 3.81. The van der Waals surface area contributed by atoms with Crippen LogP contribution in [-0.2, 0) is 37.7 Å². The lowest BCUT2D eigenvalue weighted by Crippen LogP contribution is -2.60. The molecule has 0 amide bonds. The van der Waals surface area contributed by atoms with E-state index in [-0.39, 0.29) is 19.8 Å². The van der Waals surface area contributed by atoms with Crippen LogP contribution in [0.25, 0.3) is 0 Å². The minimum atomic E-state index is -1.62. The van der Waals surface area contributed by atoms with Crippen molar-refractivity contribution in [3.63, 3.8) is 0 Å². The Morgan fingerprint density at radius 1 is 0.639 bits per heavy atom. The Morgan fingerprint density at radius 3 is 2.08 bits per heavy atom. The second-order valence-corrected chi connectivity index (χ2v) is 8.93. The summed E-state index contributed by atoms with van der Waals surface area (Å²) in [6.07, 6.45) is -8.36. The molecular formula is C21H41O14P. The molecule has 0 radical (unpaired) electrons. The summed E-state index contributed by atoms with van der Waals surface area (Å²) in [4.78, 5) is 8.59. The molecule has 10 unspecified atom stereocenters. The number of aliphatic hydroxyl groups excluding tert-OH is 5. The molecule has 0 aromatic heterocycles. The summed E-state index contributed by atoms with van der Waals surface area (Å²) in [5, 5.41) is 50.8. The highest BCUT2D eigenvalue weighted by Gasteiger charge is 2.45. The summed E-state index contributed by atoms with van der Waals surface area (Å²) in [5.74, 6) is 0. The Labute approximate surface area is 212 Å². The summed E-state index contributed by atoms with van der Waals surface area (Å²) < 4.78 is 42.5. The van der Waals surface area contributed by atoms with Gasteiger partial charge in [0.15, 0.2) is 21.6 Å². The fraction of sp³-hybridized carbons (Fsp3) is 1.00. The van der Waals surface area contributed by atoms with Crippen LogP contribution in [0.4, 0.5) is 0 Å². The Balaban J connectivity index is 1.76. The zero-order chi connectivity index (χ0) is 26.3. The summed E-state index contributed by atoms with van der Waals surface area (Å²) in [6, 6.07) is 0. The first-order valence-electron chi connectivity index (χ1n) is 12.1. The molecule has 0 saturated carbocycles. The monoisotopic (exact) mass is 548 g/mol. The number of aliphatic hydroxyl groups is 5. The molecule has 0 aromatic rings. The van der Waals surface area contributed by atoms with Gasteiger partial charge in [-0.3, -0.25) is 0 Å². The summed E-state index contributed by atoms with van der Waals surface area (Å²) in [5.41, 5.74) is 0. The maximum Gasteiger partial charge on any atom is 0.209 e. The minimum absolute atomic E-state index is 0.0376. The lowest BCUT2D eigenvalue weighted by atomic mass is 9.99. The van der Waals surface area contributed by atoms with Gasteiger partial charge in [-0.15, -0.1) is 0 Å². The van der Waals surface area contributed by atoms with Crippen molar-refractivity contribution in [2.24, 2.45) is 0 Å². The molecule has 2 heterocycles. The van der Waals surface area contributed by atoms with E-state index in [1.54, 1.807) is 7.11 Å². The van der Waals surface area contributed by atoms with Crippen molar-refractivity contribution < 1.29 is 68.1 Å². The van der Waals surface area contributed by atoms with Crippen molar-refractivity contribution in [3.8, 4) is 0 Å². The molecule has 0 bridgehead atoms. The normalized spacial score (nSPS) is 35.6. The standard InChI is InChI=1S/C21H41O14P/c1-28-7-3-2-4-9-30-20-17(24)16(23)15(22)13(33-20)12-31-21-19(26)35-18(25)14(34-21)11-29-8-5-6-10-32-36-27/h13-27,36H,2-12H2,1H3. The Bertz CT molecular complexity index is 563. The molecule has 14 nitrogen and oxygen atoms in total. The van der Waals surface area contributed by atoms with Gasteiger partial charge >= 0.3 is 0 Å². The molecule has 2 rings (SSSR count). The number of unbranched alkanes of at least 4 members (excludes halogenated alkanes) is 3. The first-order chi connectivity index (χ1) is 17.4. The van der Waals surface area contributed by atoms with E-state index in [0.29, 0.717) is 39.1 Å². The molecule has 36 heavy (non-hydrogen) atoms. The molecule has 0 spiro atoms. The molecule has 214 valence electrons. The number of hydrogen-bond acceptors (Lipinski definition) is 14. The highest BCUT2D eigenvalue weighted by atomic mass is 31.1. The Morgan fingerprint density at radius 2 is 1.33 bits per heavy atom. The summed E-state index contributed by atoms with van der Waals surface area (Å²) >= 11 is 0. The van der Waals surface area contributed by atoms with Crippen LogP contribution in [0.15, 0.2) is 0 Å². The van der Waals surface area contributed by atoms with Crippen LogP contribution >= 0.6 is 9.03 Å². The molecule has 2 saturated heterocycles. The van der Waals surface area contributed by atoms with Gasteiger partial charge in [-0.2, -0.15) is 0 Å². The second kappa shape index (κ2) is 18.2. The van der Waals surface area contributed by atoms with Gasteiger partial charge in [-0.25, -0.2) is 0 Å². The van der Waals surface area contributed by atoms with Crippen LogP contribution in [0, 0.1) is 0 Å². The average Bonchev–Trinajstić information content (AvgIpc) is 2.86. The summed E-state index contributed by atoms with van der Waals surface area (Å²) in [6.45, 7) is 1.30. The zero-order valence-corrected chi connectivity index (χ0v) is 21.4. The van der Waals surface area contributed by atoms with Crippen molar-refractivity contribution in [2.75, 3.05) is 46.8 Å². The largest absolute Gasteiger partial charge is 0.387 e. The van der Waals surface area contributed by atoms with Crippen molar-refractivity contribution in [1.82, 2.24) is 0 Å². The van der Waals surface area contributed by atoms with Crippen molar-refractivity contribution >= 4 is 9.03 Å². The predicted molar refractivity (Wildman–Crippen MR) is 123 cm³/mol. The van der Waals surface area contributed by atoms with Gasteiger partial charge in [0.2, 0.25) is 12.6 Å². The van der Waals surface area contributed by atoms with Crippen LogP contribution in [0.1, 0.15) is 32.1 Å². The smallest absolute Gasteiger partial charge is 0.209 e. The van der Waals surface area contributed by atoms with E-state index >= 15 is 0 Å². The van der Waals surface area contributed by atoms with Gasteiger partial charge in [0.05, 0.1) is 19.8 Å². The number of ether oxygens (including phenoxy) is 7. The molecule has 2 fully saturated rings. The molecule has 6 N–H and O–H groups in total. The maximum atomic E-state index is 10.3. The minimum Gasteiger partial charge on any atom is -0.387 e. The Kier molecular flexibility index (Phi) is 16.2. The van der Waals surface area contributed by atoms with Crippen molar-refractivity contribution in [2.45, 2.75) is 87.8 Å². The van der Waals surface area contributed by atoms with Gasteiger partial charge in [-0.1, -0.05) is 0 Å². The van der Waals surface area contributed by atoms with E-state index in [2.05, 4.69) is 0 Å². The fourth-order valence-electron chi connectivity index (χ4n) is 3.57. The molecule has 2 aliphatic rings. The Hall–Kier alpha value is -0.130. The molecule has 0 aliphatic carbocycles. The van der Waals surface area contributed by atoms with Crippen molar-refractivity contribution in [1.29, 1.82) is 0 Å². The first kappa shape index (κ1) is 32.1.